The molecule has 1 aliphatic rings. The van der Waals surface area contributed by atoms with Gasteiger partial charge in [-0.25, -0.2) is 5.43 Å². The van der Waals surface area contributed by atoms with Gasteiger partial charge >= 0.3 is 0 Å². The Balaban J connectivity index is 1.85. The lowest BCUT2D eigenvalue weighted by Gasteiger charge is -2.24. The average Bonchev–Trinajstić information content (AvgIpc) is 2.01. The molecule has 1 fully saturated rings. The fourth-order valence-electron chi connectivity index (χ4n) is 1.70. The Morgan fingerprint density at radius 2 is 2.15 bits per heavy atom. The molecule has 0 unspecified atom stereocenters. The van der Waals surface area contributed by atoms with Crippen LogP contribution in [0.15, 0.2) is 0 Å². The van der Waals surface area contributed by atoms with E-state index in [0.29, 0.717) is 6.42 Å². The number of unbranched alkanes of at least 4 members (excludes halogenated alkanes) is 1. The number of hydrogen-bond donors (Lipinski definition) is 2. The van der Waals surface area contributed by atoms with Gasteiger partial charge in [-0.1, -0.05) is 32.1 Å². The smallest absolute Gasteiger partial charge is 0.234 e. The van der Waals surface area contributed by atoms with E-state index in [2.05, 4.69) is 10.9 Å². The molecule has 1 amide bonds. The first kappa shape index (κ1) is 10.5. The summed E-state index contributed by atoms with van der Waals surface area (Å²) < 4.78 is 0. The van der Waals surface area contributed by atoms with Crippen molar-refractivity contribution in [1.82, 2.24) is 10.9 Å². The molecule has 0 saturated heterocycles. The van der Waals surface area contributed by atoms with Crippen LogP contribution in [0, 0.1) is 5.92 Å². The summed E-state index contributed by atoms with van der Waals surface area (Å²) in [6.07, 6.45) is 8.49. The van der Waals surface area contributed by atoms with E-state index in [9.17, 15) is 4.79 Å². The highest BCUT2D eigenvalue weighted by molar-refractivity contribution is 5.75. The minimum Gasteiger partial charge on any atom is -0.292 e. The summed E-state index contributed by atoms with van der Waals surface area (Å²) >= 11 is 0. The molecule has 0 bridgehead atoms. The first-order valence-electron chi connectivity index (χ1n) is 5.28. The van der Waals surface area contributed by atoms with Crippen LogP contribution in [0.5, 0.6) is 0 Å². The van der Waals surface area contributed by atoms with E-state index >= 15 is 0 Å². The number of carbonyl (C=O) groups is 1. The van der Waals surface area contributed by atoms with Crippen LogP contribution in [0.25, 0.3) is 0 Å². The van der Waals surface area contributed by atoms with Crippen LogP contribution in [0.4, 0.5) is 0 Å². The van der Waals surface area contributed by atoms with Gasteiger partial charge in [0.15, 0.2) is 0 Å². The second-order valence-corrected chi connectivity index (χ2v) is 3.84. The lowest BCUT2D eigenvalue weighted by atomic mass is 9.82. The van der Waals surface area contributed by atoms with Crippen LogP contribution < -0.4 is 10.9 Å². The van der Waals surface area contributed by atoms with Crippen LogP contribution in [0.3, 0.4) is 0 Å². The van der Waals surface area contributed by atoms with Crippen molar-refractivity contribution in [3.05, 3.63) is 0 Å². The molecule has 3 nitrogen and oxygen atoms in total. The van der Waals surface area contributed by atoms with Crippen molar-refractivity contribution in [2.75, 3.05) is 7.05 Å². The Kier molecular flexibility index (Phi) is 4.83. The quantitative estimate of drug-likeness (QED) is 0.486. The number of carbonyl (C=O) groups excluding carboxylic acids is 1. The van der Waals surface area contributed by atoms with Crippen LogP contribution in [-0.4, -0.2) is 13.0 Å². The molecule has 0 atom stereocenters. The lowest BCUT2D eigenvalue weighted by molar-refractivity contribution is -0.122. The number of nitrogens with one attached hydrogen (secondary N) is 2. The maximum absolute atomic E-state index is 11.0. The Bertz CT molecular complexity index is 155. The molecular weight excluding hydrogens is 164 g/mol. The zero-order chi connectivity index (χ0) is 9.52. The maximum Gasteiger partial charge on any atom is 0.234 e. The first-order valence-corrected chi connectivity index (χ1v) is 5.28. The van der Waals surface area contributed by atoms with Gasteiger partial charge in [0.2, 0.25) is 5.91 Å². The van der Waals surface area contributed by atoms with Crippen LogP contribution in [0.2, 0.25) is 0 Å². The molecule has 0 spiro atoms. The van der Waals surface area contributed by atoms with Gasteiger partial charge in [0.25, 0.3) is 0 Å². The van der Waals surface area contributed by atoms with Crippen LogP contribution in [0.1, 0.15) is 44.9 Å². The normalized spacial score (nSPS) is 16.7. The topological polar surface area (TPSA) is 41.1 Å². The molecule has 1 aliphatic carbocycles. The molecule has 0 radical (unpaired) electrons. The van der Waals surface area contributed by atoms with Gasteiger partial charge in [0.1, 0.15) is 0 Å². The Morgan fingerprint density at radius 3 is 2.69 bits per heavy atom. The third kappa shape index (κ3) is 4.27. The molecule has 0 aromatic heterocycles. The highest BCUT2D eigenvalue weighted by Gasteiger charge is 2.16. The average molecular weight is 184 g/mol. The summed E-state index contributed by atoms with van der Waals surface area (Å²) in [5, 5.41) is 0. The zero-order valence-electron chi connectivity index (χ0n) is 8.44. The second kappa shape index (κ2) is 5.97. The van der Waals surface area contributed by atoms with E-state index in [1.54, 1.807) is 7.05 Å². The maximum atomic E-state index is 11.0. The number of rotatable bonds is 6. The Morgan fingerprint density at radius 1 is 1.38 bits per heavy atom. The summed E-state index contributed by atoms with van der Waals surface area (Å²) in [4.78, 5) is 11.0. The van der Waals surface area contributed by atoms with E-state index in [1.807, 2.05) is 0 Å². The highest BCUT2D eigenvalue weighted by atomic mass is 16.2. The minimum absolute atomic E-state index is 0.108. The largest absolute Gasteiger partial charge is 0.292 e. The number of hydrazine groups is 1. The summed E-state index contributed by atoms with van der Waals surface area (Å²) in [7, 11) is 1.71. The molecule has 1 rings (SSSR count). The minimum atomic E-state index is 0.108. The number of hydrogen-bond acceptors (Lipinski definition) is 2. The van der Waals surface area contributed by atoms with Gasteiger partial charge in [0.05, 0.1) is 0 Å². The van der Waals surface area contributed by atoms with Gasteiger partial charge in [-0.2, -0.15) is 0 Å². The Labute approximate surface area is 80.2 Å². The fraction of sp³-hybridized carbons (Fsp3) is 0.900. The van der Waals surface area contributed by atoms with Gasteiger partial charge in [-0.3, -0.25) is 10.2 Å². The molecule has 13 heavy (non-hydrogen) atoms. The predicted molar refractivity (Wildman–Crippen MR) is 53.0 cm³/mol. The molecule has 76 valence electrons. The van der Waals surface area contributed by atoms with E-state index in [-0.39, 0.29) is 5.91 Å². The first-order chi connectivity index (χ1) is 6.33. The van der Waals surface area contributed by atoms with Crippen molar-refractivity contribution in [3.63, 3.8) is 0 Å². The molecule has 1 saturated carbocycles. The van der Waals surface area contributed by atoms with Crippen molar-refractivity contribution in [3.8, 4) is 0 Å². The molecule has 2 N–H and O–H groups in total. The zero-order valence-corrected chi connectivity index (χ0v) is 8.44. The van der Waals surface area contributed by atoms with Gasteiger partial charge in [-0.05, 0) is 12.3 Å². The summed E-state index contributed by atoms with van der Waals surface area (Å²) in [5.74, 6) is 1.09. The highest BCUT2D eigenvalue weighted by Crippen LogP contribution is 2.30. The van der Waals surface area contributed by atoms with Crippen LogP contribution in [-0.2, 0) is 4.79 Å². The molecule has 0 aromatic carbocycles. The van der Waals surface area contributed by atoms with Crippen molar-refractivity contribution in [2.24, 2.45) is 5.92 Å². The second-order valence-electron chi connectivity index (χ2n) is 3.84. The molecular formula is C10H20N2O. The van der Waals surface area contributed by atoms with E-state index < -0.39 is 0 Å². The van der Waals surface area contributed by atoms with Crippen molar-refractivity contribution in [2.45, 2.75) is 44.9 Å². The van der Waals surface area contributed by atoms with E-state index in [4.69, 9.17) is 0 Å². The fourth-order valence-corrected chi connectivity index (χ4v) is 1.70. The van der Waals surface area contributed by atoms with Crippen LogP contribution >= 0.6 is 0 Å². The monoisotopic (exact) mass is 184 g/mol. The summed E-state index contributed by atoms with van der Waals surface area (Å²) in [6.45, 7) is 0. The van der Waals surface area contributed by atoms with Crippen molar-refractivity contribution < 1.29 is 4.79 Å². The molecule has 0 heterocycles. The van der Waals surface area contributed by atoms with Gasteiger partial charge < -0.3 is 0 Å². The van der Waals surface area contributed by atoms with E-state index in [0.717, 1.165) is 12.3 Å². The van der Waals surface area contributed by atoms with Gasteiger partial charge in [0, 0.05) is 13.5 Å². The standard InChI is InChI=1S/C10H20N2O/c1-11-12-10(13)8-3-2-5-9-6-4-7-9/h9,11H,2-8H2,1H3,(H,12,13). The van der Waals surface area contributed by atoms with E-state index in [1.165, 1.54) is 32.1 Å². The lowest BCUT2D eigenvalue weighted by Crippen LogP contribution is -2.33. The molecule has 0 aromatic rings. The van der Waals surface area contributed by atoms with Gasteiger partial charge in [-0.15, -0.1) is 0 Å². The van der Waals surface area contributed by atoms with Crippen molar-refractivity contribution in [1.29, 1.82) is 0 Å². The Hall–Kier alpha value is -0.570. The summed E-state index contributed by atoms with van der Waals surface area (Å²) in [5.41, 5.74) is 5.21. The molecule has 0 aliphatic heterocycles. The third-order valence-corrected chi connectivity index (χ3v) is 2.76. The third-order valence-electron chi connectivity index (χ3n) is 2.76. The molecule has 3 heteroatoms. The van der Waals surface area contributed by atoms with Crippen molar-refractivity contribution >= 4 is 5.91 Å². The predicted octanol–water partition coefficient (Wildman–Crippen LogP) is 1.60. The SMILES string of the molecule is CNNC(=O)CCCCC1CCC1. The number of amides is 1. The summed E-state index contributed by atoms with van der Waals surface area (Å²) in [6, 6.07) is 0.